The molecule has 0 saturated heterocycles. The highest BCUT2D eigenvalue weighted by Gasteiger charge is 2.23. The summed E-state index contributed by atoms with van der Waals surface area (Å²) in [5.41, 5.74) is 0.732. The van der Waals surface area contributed by atoms with Gasteiger partial charge >= 0.3 is 0 Å². The summed E-state index contributed by atoms with van der Waals surface area (Å²) in [7, 11) is 0. The zero-order chi connectivity index (χ0) is 13.2. The van der Waals surface area contributed by atoms with E-state index >= 15 is 0 Å². The van der Waals surface area contributed by atoms with Crippen molar-refractivity contribution in [2.24, 2.45) is 0 Å². The molecule has 0 bridgehead atoms. The molecule has 98 valence electrons. The molecule has 0 aliphatic carbocycles. The zero-order valence-corrected chi connectivity index (χ0v) is 11.9. The molecule has 0 saturated carbocycles. The van der Waals surface area contributed by atoms with Crippen molar-refractivity contribution in [3.63, 3.8) is 0 Å². The highest BCUT2D eigenvalue weighted by atomic mass is 32.2. The van der Waals surface area contributed by atoms with Crippen LogP contribution >= 0.6 is 11.8 Å². The third-order valence-corrected chi connectivity index (χ3v) is 3.70. The summed E-state index contributed by atoms with van der Waals surface area (Å²) in [6.45, 7) is 6.78. The predicted molar refractivity (Wildman–Crippen MR) is 75.2 cm³/mol. The molecule has 1 amide bonds. The van der Waals surface area contributed by atoms with Crippen molar-refractivity contribution in [1.82, 2.24) is 0 Å². The quantitative estimate of drug-likeness (QED) is 0.823. The number of para-hydroxylation sites is 1. The van der Waals surface area contributed by atoms with Crippen molar-refractivity contribution in [1.29, 1.82) is 0 Å². The van der Waals surface area contributed by atoms with E-state index in [1.807, 2.05) is 43.9 Å². The fourth-order valence-corrected chi connectivity index (χ4v) is 2.78. The van der Waals surface area contributed by atoms with Crippen LogP contribution in [0.15, 0.2) is 29.2 Å². The smallest absolute Gasteiger partial charge is 0.253 e. The van der Waals surface area contributed by atoms with Gasteiger partial charge in [0.2, 0.25) is 0 Å². The first-order valence-corrected chi connectivity index (χ1v) is 7.12. The van der Waals surface area contributed by atoms with Crippen molar-refractivity contribution in [3.8, 4) is 0 Å². The van der Waals surface area contributed by atoms with Gasteiger partial charge in [-0.05, 0) is 32.9 Å². The molecule has 1 heterocycles. The highest BCUT2D eigenvalue weighted by Crippen LogP contribution is 2.34. The number of fused-ring (bicyclic) bond motifs is 1. The molecule has 1 aromatic carbocycles. The van der Waals surface area contributed by atoms with E-state index in [-0.39, 0.29) is 18.1 Å². The van der Waals surface area contributed by atoms with Gasteiger partial charge in [0, 0.05) is 17.2 Å². The SMILES string of the molecule is CC(C)(C)OCC(=O)N1CCSc2ccccc21. The molecule has 1 aliphatic rings. The number of ether oxygens (including phenoxy) is 1. The van der Waals surface area contributed by atoms with Gasteiger partial charge in [0.05, 0.1) is 11.3 Å². The largest absolute Gasteiger partial charge is 0.366 e. The molecule has 4 heteroatoms. The minimum absolute atomic E-state index is 0.0395. The fraction of sp³-hybridized carbons (Fsp3) is 0.500. The van der Waals surface area contributed by atoms with E-state index < -0.39 is 0 Å². The molecule has 0 unspecified atom stereocenters. The Morgan fingerprint density at radius 3 is 2.83 bits per heavy atom. The molecule has 0 radical (unpaired) electrons. The van der Waals surface area contributed by atoms with Gasteiger partial charge in [-0.3, -0.25) is 4.79 Å². The van der Waals surface area contributed by atoms with E-state index in [1.54, 1.807) is 11.8 Å². The molecule has 0 aromatic heterocycles. The van der Waals surface area contributed by atoms with E-state index in [9.17, 15) is 4.79 Å². The van der Waals surface area contributed by atoms with Crippen LogP contribution in [-0.4, -0.2) is 30.4 Å². The number of nitrogens with zero attached hydrogens (tertiary/aromatic N) is 1. The maximum atomic E-state index is 12.2. The second-order valence-electron chi connectivity index (χ2n) is 5.26. The van der Waals surface area contributed by atoms with Gasteiger partial charge in [0.15, 0.2) is 0 Å². The lowest BCUT2D eigenvalue weighted by Crippen LogP contribution is -2.39. The van der Waals surface area contributed by atoms with E-state index in [4.69, 9.17) is 4.74 Å². The van der Waals surface area contributed by atoms with Gasteiger partial charge in [-0.2, -0.15) is 0 Å². The summed E-state index contributed by atoms with van der Waals surface area (Å²) in [5, 5.41) is 0. The molecular formula is C14H19NO2S. The van der Waals surface area contributed by atoms with Crippen LogP contribution in [0.25, 0.3) is 0 Å². The number of thioether (sulfide) groups is 1. The molecule has 0 N–H and O–H groups in total. The average molecular weight is 265 g/mol. The molecule has 0 atom stereocenters. The predicted octanol–water partition coefficient (Wildman–Crippen LogP) is 2.94. The summed E-state index contributed by atoms with van der Waals surface area (Å²) in [5.74, 6) is 0.982. The lowest BCUT2D eigenvalue weighted by atomic mass is 10.2. The summed E-state index contributed by atoms with van der Waals surface area (Å²) in [4.78, 5) is 15.2. The van der Waals surface area contributed by atoms with Crippen molar-refractivity contribution in [2.75, 3.05) is 23.8 Å². The van der Waals surface area contributed by atoms with E-state index in [2.05, 4.69) is 6.07 Å². The maximum Gasteiger partial charge on any atom is 0.253 e. The summed E-state index contributed by atoms with van der Waals surface area (Å²) in [6.07, 6.45) is 0. The van der Waals surface area contributed by atoms with Crippen LogP contribution in [0.4, 0.5) is 5.69 Å². The lowest BCUT2D eigenvalue weighted by Gasteiger charge is -2.30. The van der Waals surface area contributed by atoms with Crippen LogP contribution in [0, 0.1) is 0 Å². The number of carbonyl (C=O) groups is 1. The topological polar surface area (TPSA) is 29.5 Å². The summed E-state index contributed by atoms with van der Waals surface area (Å²) >= 11 is 1.80. The van der Waals surface area contributed by atoms with E-state index in [0.29, 0.717) is 0 Å². The third-order valence-electron chi connectivity index (χ3n) is 2.66. The van der Waals surface area contributed by atoms with Crippen molar-refractivity contribution in [3.05, 3.63) is 24.3 Å². The first-order chi connectivity index (χ1) is 8.47. The van der Waals surface area contributed by atoms with Crippen LogP contribution in [0.2, 0.25) is 0 Å². The van der Waals surface area contributed by atoms with E-state index in [0.717, 1.165) is 18.0 Å². The molecule has 3 nitrogen and oxygen atoms in total. The van der Waals surface area contributed by atoms with Gasteiger partial charge in [0.1, 0.15) is 6.61 Å². The minimum atomic E-state index is -0.278. The van der Waals surface area contributed by atoms with Gasteiger partial charge in [0.25, 0.3) is 5.91 Å². The first-order valence-electron chi connectivity index (χ1n) is 6.13. The Kier molecular flexibility index (Phi) is 3.97. The molecule has 18 heavy (non-hydrogen) atoms. The molecule has 1 aromatic rings. The van der Waals surface area contributed by atoms with Gasteiger partial charge < -0.3 is 9.64 Å². The van der Waals surface area contributed by atoms with Crippen molar-refractivity contribution < 1.29 is 9.53 Å². The van der Waals surface area contributed by atoms with Crippen LogP contribution in [0.5, 0.6) is 0 Å². The van der Waals surface area contributed by atoms with Gasteiger partial charge in [-0.15, -0.1) is 11.8 Å². The number of amides is 1. The van der Waals surface area contributed by atoms with Crippen molar-refractivity contribution >= 4 is 23.4 Å². The van der Waals surface area contributed by atoms with Crippen molar-refractivity contribution in [2.45, 2.75) is 31.3 Å². The monoisotopic (exact) mass is 265 g/mol. The van der Waals surface area contributed by atoms with Crippen LogP contribution in [-0.2, 0) is 9.53 Å². The Hall–Kier alpha value is -1.00. The standard InChI is InChI=1S/C14H19NO2S/c1-14(2,3)17-10-13(16)15-8-9-18-12-7-5-4-6-11(12)15/h4-7H,8-10H2,1-3H3. The molecule has 1 aliphatic heterocycles. The van der Waals surface area contributed by atoms with Crippen LogP contribution < -0.4 is 4.90 Å². The van der Waals surface area contributed by atoms with Gasteiger partial charge in [-0.1, -0.05) is 12.1 Å². The molecule has 2 rings (SSSR count). The average Bonchev–Trinajstić information content (AvgIpc) is 2.34. The fourth-order valence-electron chi connectivity index (χ4n) is 1.78. The summed E-state index contributed by atoms with van der Waals surface area (Å²) < 4.78 is 5.56. The number of hydrogen-bond donors (Lipinski definition) is 0. The zero-order valence-electron chi connectivity index (χ0n) is 11.1. The number of benzene rings is 1. The number of hydrogen-bond acceptors (Lipinski definition) is 3. The highest BCUT2D eigenvalue weighted by molar-refractivity contribution is 7.99. The first kappa shape index (κ1) is 13.4. The lowest BCUT2D eigenvalue weighted by molar-refractivity contribution is -0.127. The summed E-state index contributed by atoms with van der Waals surface area (Å²) in [6, 6.07) is 8.03. The third kappa shape index (κ3) is 3.27. The Bertz CT molecular complexity index is 440. The number of rotatable bonds is 2. The molecular weight excluding hydrogens is 246 g/mol. The maximum absolute atomic E-state index is 12.2. The Labute approximate surface area is 113 Å². The van der Waals surface area contributed by atoms with Gasteiger partial charge in [-0.25, -0.2) is 0 Å². The second kappa shape index (κ2) is 5.33. The number of anilines is 1. The molecule has 0 fully saturated rings. The minimum Gasteiger partial charge on any atom is -0.366 e. The van der Waals surface area contributed by atoms with Crippen LogP contribution in [0.3, 0.4) is 0 Å². The van der Waals surface area contributed by atoms with Crippen LogP contribution in [0.1, 0.15) is 20.8 Å². The second-order valence-corrected chi connectivity index (χ2v) is 6.40. The number of carbonyl (C=O) groups excluding carboxylic acids is 1. The Morgan fingerprint density at radius 1 is 1.39 bits per heavy atom. The van der Waals surface area contributed by atoms with E-state index in [1.165, 1.54) is 4.90 Å². The Balaban J connectivity index is 2.08. The molecule has 0 spiro atoms. The Morgan fingerprint density at radius 2 is 2.11 bits per heavy atom. The normalized spacial score (nSPS) is 15.4.